The lowest BCUT2D eigenvalue weighted by atomic mass is 10.1. The van der Waals surface area contributed by atoms with Crippen molar-refractivity contribution in [2.75, 3.05) is 5.73 Å². The Hall–Kier alpha value is -2.14. The van der Waals surface area contributed by atoms with Gasteiger partial charge in [-0.1, -0.05) is 24.3 Å². The van der Waals surface area contributed by atoms with Crippen LogP contribution in [0.1, 0.15) is 5.69 Å². The fourth-order valence-corrected chi connectivity index (χ4v) is 2.72. The molecule has 0 spiro atoms. The van der Waals surface area contributed by atoms with Crippen LogP contribution >= 0.6 is 11.8 Å². The number of aryl methyl sites for hydroxylation is 1. The van der Waals surface area contributed by atoms with Gasteiger partial charge in [0.05, 0.1) is 11.4 Å². The van der Waals surface area contributed by atoms with Crippen LogP contribution in [0.25, 0.3) is 10.8 Å². The van der Waals surface area contributed by atoms with Crippen LogP contribution in [0.3, 0.4) is 0 Å². The third-order valence-electron chi connectivity index (χ3n) is 2.83. The topological polar surface area (TPSA) is 64.7 Å². The Bertz CT molecular complexity index is 742. The predicted octanol–water partition coefficient (Wildman–Crippen LogP) is 3.07. The number of anilines is 1. The average Bonchev–Trinajstić information content (AvgIpc) is 2.44. The molecule has 5 heteroatoms. The van der Waals surface area contributed by atoms with E-state index in [0.29, 0.717) is 5.69 Å². The van der Waals surface area contributed by atoms with Gasteiger partial charge >= 0.3 is 0 Å². The number of hydrogen-bond donors (Lipinski definition) is 1. The van der Waals surface area contributed by atoms with Crippen LogP contribution in [0.5, 0.6) is 0 Å². The molecule has 4 nitrogen and oxygen atoms in total. The van der Waals surface area contributed by atoms with Crippen molar-refractivity contribution in [3.8, 4) is 0 Å². The number of aromatic nitrogens is 3. The lowest BCUT2D eigenvalue weighted by Crippen LogP contribution is -1.95. The molecule has 0 unspecified atom stereocenters. The van der Waals surface area contributed by atoms with Crippen LogP contribution in [0.15, 0.2) is 52.6 Å². The van der Waals surface area contributed by atoms with Gasteiger partial charge in [-0.3, -0.25) is 0 Å². The maximum atomic E-state index is 5.91. The van der Waals surface area contributed by atoms with Crippen LogP contribution in [0.2, 0.25) is 0 Å². The molecule has 1 aromatic carbocycles. The number of benzene rings is 1. The molecule has 0 fully saturated rings. The Balaban J connectivity index is 2.12. The van der Waals surface area contributed by atoms with Crippen LogP contribution in [0, 0.1) is 6.92 Å². The number of nitrogens with zero attached hydrogens (tertiary/aromatic N) is 3. The smallest absolute Gasteiger partial charge is 0.133 e. The molecular formula is C14H12N4S. The van der Waals surface area contributed by atoms with E-state index in [1.54, 1.807) is 6.20 Å². The quantitative estimate of drug-likeness (QED) is 0.773. The highest BCUT2D eigenvalue weighted by Crippen LogP contribution is 2.33. The van der Waals surface area contributed by atoms with E-state index in [2.05, 4.69) is 15.2 Å². The molecule has 0 saturated carbocycles. The van der Waals surface area contributed by atoms with Crippen molar-refractivity contribution in [3.63, 3.8) is 0 Å². The highest BCUT2D eigenvalue weighted by Gasteiger charge is 2.10. The van der Waals surface area contributed by atoms with Crippen LogP contribution in [-0.2, 0) is 0 Å². The largest absolute Gasteiger partial charge is 0.397 e. The highest BCUT2D eigenvalue weighted by atomic mass is 32.2. The maximum absolute atomic E-state index is 5.91. The number of hydrogen-bond acceptors (Lipinski definition) is 5. The van der Waals surface area contributed by atoms with Gasteiger partial charge in [0.1, 0.15) is 10.1 Å². The normalized spacial score (nSPS) is 10.8. The summed E-state index contributed by atoms with van der Waals surface area (Å²) in [6.07, 6.45) is 1.72. The van der Waals surface area contributed by atoms with Gasteiger partial charge < -0.3 is 5.73 Å². The van der Waals surface area contributed by atoms with E-state index in [4.69, 9.17) is 5.73 Å². The molecule has 0 aliphatic rings. The standard InChI is InChI=1S/C14H12N4S/c1-9-10-5-2-3-6-11(10)13(18-17-9)19-14-12(15)7-4-8-16-14/h2-8H,15H2,1H3. The molecule has 0 bridgehead atoms. The van der Waals surface area contributed by atoms with Gasteiger partial charge in [0.15, 0.2) is 0 Å². The van der Waals surface area contributed by atoms with Crippen molar-refractivity contribution in [1.82, 2.24) is 15.2 Å². The Morgan fingerprint density at radius 3 is 2.53 bits per heavy atom. The number of nitrogens with two attached hydrogens (primary N) is 1. The molecule has 0 aliphatic heterocycles. The van der Waals surface area contributed by atoms with E-state index >= 15 is 0 Å². The molecule has 2 heterocycles. The van der Waals surface area contributed by atoms with Gasteiger partial charge in [-0.05, 0) is 30.8 Å². The third kappa shape index (κ3) is 2.24. The van der Waals surface area contributed by atoms with Crippen LogP contribution in [0.4, 0.5) is 5.69 Å². The molecule has 3 aromatic rings. The Kier molecular flexibility index (Phi) is 3.05. The second-order valence-corrected chi connectivity index (χ2v) is 5.11. The first kappa shape index (κ1) is 11.9. The summed E-state index contributed by atoms with van der Waals surface area (Å²) in [7, 11) is 0. The summed E-state index contributed by atoms with van der Waals surface area (Å²) < 4.78 is 0. The van der Waals surface area contributed by atoms with Gasteiger partial charge in [-0.2, -0.15) is 5.10 Å². The van der Waals surface area contributed by atoms with Gasteiger partial charge in [-0.15, -0.1) is 5.10 Å². The highest BCUT2D eigenvalue weighted by molar-refractivity contribution is 7.99. The fourth-order valence-electron chi connectivity index (χ4n) is 1.87. The lowest BCUT2D eigenvalue weighted by molar-refractivity contribution is 0.921. The minimum absolute atomic E-state index is 0.652. The van der Waals surface area contributed by atoms with Crippen molar-refractivity contribution in [3.05, 3.63) is 48.3 Å². The molecule has 3 rings (SSSR count). The molecule has 2 N–H and O–H groups in total. The van der Waals surface area contributed by atoms with Gasteiger partial charge in [0.25, 0.3) is 0 Å². The van der Waals surface area contributed by atoms with Gasteiger partial charge in [0, 0.05) is 17.0 Å². The van der Waals surface area contributed by atoms with Crippen LogP contribution < -0.4 is 5.73 Å². The van der Waals surface area contributed by atoms with Crippen molar-refractivity contribution in [2.45, 2.75) is 17.0 Å². The zero-order valence-electron chi connectivity index (χ0n) is 10.4. The summed E-state index contributed by atoms with van der Waals surface area (Å²) in [5.41, 5.74) is 7.49. The van der Waals surface area contributed by atoms with E-state index in [9.17, 15) is 0 Å². The molecule has 0 radical (unpaired) electrons. The number of fused-ring (bicyclic) bond motifs is 1. The van der Waals surface area contributed by atoms with Gasteiger partial charge in [0.2, 0.25) is 0 Å². The third-order valence-corrected chi connectivity index (χ3v) is 3.86. The Morgan fingerprint density at radius 2 is 1.74 bits per heavy atom. The van der Waals surface area contributed by atoms with Crippen molar-refractivity contribution >= 4 is 28.2 Å². The predicted molar refractivity (Wildman–Crippen MR) is 77.0 cm³/mol. The van der Waals surface area contributed by atoms with E-state index in [1.807, 2.05) is 43.3 Å². The van der Waals surface area contributed by atoms with Crippen molar-refractivity contribution < 1.29 is 0 Å². The fraction of sp³-hybridized carbons (Fsp3) is 0.0714. The SMILES string of the molecule is Cc1nnc(Sc2ncccc2N)c2ccccc12. The zero-order valence-corrected chi connectivity index (χ0v) is 11.2. The lowest BCUT2D eigenvalue weighted by Gasteiger charge is -2.07. The summed E-state index contributed by atoms with van der Waals surface area (Å²) in [6, 6.07) is 11.7. The number of pyridine rings is 1. The molecule has 0 amide bonds. The minimum Gasteiger partial charge on any atom is -0.397 e. The van der Waals surface area contributed by atoms with Crippen molar-refractivity contribution in [1.29, 1.82) is 0 Å². The monoisotopic (exact) mass is 268 g/mol. The zero-order chi connectivity index (χ0) is 13.2. The summed E-state index contributed by atoms with van der Waals surface area (Å²) in [6.45, 7) is 1.96. The molecule has 0 aliphatic carbocycles. The van der Waals surface area contributed by atoms with Gasteiger partial charge in [-0.25, -0.2) is 4.98 Å². The average molecular weight is 268 g/mol. The Morgan fingerprint density at radius 1 is 0.947 bits per heavy atom. The first-order valence-corrected chi connectivity index (χ1v) is 6.68. The molecule has 0 saturated heterocycles. The second-order valence-electron chi connectivity index (χ2n) is 4.14. The minimum atomic E-state index is 0.652. The molecule has 19 heavy (non-hydrogen) atoms. The Labute approximate surface area is 115 Å². The number of rotatable bonds is 2. The molecular weight excluding hydrogens is 256 g/mol. The van der Waals surface area contributed by atoms with Crippen molar-refractivity contribution in [2.24, 2.45) is 0 Å². The summed E-state index contributed by atoms with van der Waals surface area (Å²) in [4.78, 5) is 4.27. The second kappa shape index (κ2) is 4.85. The molecule has 0 atom stereocenters. The molecule has 94 valence electrons. The summed E-state index contributed by atoms with van der Waals surface area (Å²) in [5, 5.41) is 12.2. The van der Waals surface area contributed by atoms with E-state index in [0.717, 1.165) is 26.5 Å². The van der Waals surface area contributed by atoms with E-state index < -0.39 is 0 Å². The maximum Gasteiger partial charge on any atom is 0.133 e. The molecule has 2 aromatic heterocycles. The summed E-state index contributed by atoms with van der Waals surface area (Å²) in [5.74, 6) is 0. The number of nitrogen functional groups attached to an aromatic ring is 1. The summed E-state index contributed by atoms with van der Waals surface area (Å²) >= 11 is 1.44. The van der Waals surface area contributed by atoms with E-state index in [1.165, 1.54) is 11.8 Å². The van der Waals surface area contributed by atoms with E-state index in [-0.39, 0.29) is 0 Å². The van der Waals surface area contributed by atoms with Crippen LogP contribution in [-0.4, -0.2) is 15.2 Å². The first-order chi connectivity index (χ1) is 9.25. The first-order valence-electron chi connectivity index (χ1n) is 5.86.